The molecule has 0 aliphatic carbocycles. The average molecular weight is 418 g/mol. The minimum Gasteiger partial charge on any atom is -0.493 e. The first kappa shape index (κ1) is 22.3. The molecule has 2 rings (SSSR count). The monoisotopic (exact) mass is 417 g/mol. The first-order valence-corrected chi connectivity index (χ1v) is 9.69. The summed E-state index contributed by atoms with van der Waals surface area (Å²) in [5, 5.41) is 3.30. The van der Waals surface area contributed by atoms with E-state index in [0.717, 1.165) is 12.1 Å². The van der Waals surface area contributed by atoms with Gasteiger partial charge in [0.2, 0.25) is 5.75 Å². The standard InChI is InChI=1S/C21H27N3O4S/c1-5-6-7-14-8-10-16(11-9-14)22-21(29)24-23-20(25)15-12-17(26-2)19(28-4)18(13-15)27-3/h8-13H,5-7H2,1-4H3,(H,23,25)(H2,22,24,29). The molecule has 0 bridgehead atoms. The summed E-state index contributed by atoms with van der Waals surface area (Å²) in [7, 11) is 4.48. The maximum absolute atomic E-state index is 12.5. The van der Waals surface area contributed by atoms with Crippen LogP contribution >= 0.6 is 12.2 Å². The normalized spacial score (nSPS) is 10.1. The highest BCUT2D eigenvalue weighted by molar-refractivity contribution is 7.80. The number of hydrogen-bond donors (Lipinski definition) is 3. The number of unbranched alkanes of at least 4 members (excludes halogenated alkanes) is 1. The van der Waals surface area contributed by atoms with E-state index in [1.807, 2.05) is 12.1 Å². The van der Waals surface area contributed by atoms with Gasteiger partial charge in [-0.1, -0.05) is 25.5 Å². The van der Waals surface area contributed by atoms with Crippen LogP contribution in [0, 0.1) is 0 Å². The van der Waals surface area contributed by atoms with Gasteiger partial charge >= 0.3 is 0 Å². The molecular weight excluding hydrogens is 390 g/mol. The summed E-state index contributed by atoms with van der Waals surface area (Å²) in [6.07, 6.45) is 3.39. The van der Waals surface area contributed by atoms with Crippen LogP contribution in [-0.4, -0.2) is 32.3 Å². The Labute approximate surface area is 176 Å². The molecule has 0 unspecified atom stereocenters. The highest BCUT2D eigenvalue weighted by Crippen LogP contribution is 2.38. The van der Waals surface area contributed by atoms with Crippen LogP contribution < -0.4 is 30.4 Å². The van der Waals surface area contributed by atoms with Crippen LogP contribution in [0.2, 0.25) is 0 Å². The first-order valence-electron chi connectivity index (χ1n) is 9.28. The van der Waals surface area contributed by atoms with Gasteiger partial charge in [-0.15, -0.1) is 0 Å². The number of aryl methyl sites for hydroxylation is 1. The number of anilines is 1. The predicted octanol–water partition coefficient (Wildman–Crippen LogP) is 3.69. The van der Waals surface area contributed by atoms with Gasteiger partial charge in [0.1, 0.15) is 0 Å². The Kier molecular flexibility index (Phi) is 8.54. The molecule has 29 heavy (non-hydrogen) atoms. The van der Waals surface area contributed by atoms with Crippen LogP contribution in [0.1, 0.15) is 35.7 Å². The van der Waals surface area contributed by atoms with Gasteiger partial charge in [-0.2, -0.15) is 0 Å². The summed E-state index contributed by atoms with van der Waals surface area (Å²) in [4.78, 5) is 12.5. The Morgan fingerprint density at radius 1 is 0.966 bits per heavy atom. The van der Waals surface area contributed by atoms with Crippen molar-refractivity contribution in [2.75, 3.05) is 26.6 Å². The largest absolute Gasteiger partial charge is 0.493 e. The maximum atomic E-state index is 12.5. The minimum atomic E-state index is -0.400. The predicted molar refractivity (Wildman–Crippen MR) is 118 cm³/mol. The average Bonchev–Trinajstić information content (AvgIpc) is 2.75. The van der Waals surface area contributed by atoms with Crippen LogP contribution in [0.25, 0.3) is 0 Å². The molecule has 0 atom stereocenters. The second kappa shape index (κ2) is 11.1. The zero-order valence-electron chi connectivity index (χ0n) is 17.1. The number of hydrazine groups is 1. The third-order valence-corrected chi connectivity index (χ3v) is 4.45. The summed E-state index contributed by atoms with van der Waals surface area (Å²) < 4.78 is 15.8. The van der Waals surface area contributed by atoms with Gasteiger partial charge in [0, 0.05) is 11.3 Å². The number of hydrogen-bond acceptors (Lipinski definition) is 5. The van der Waals surface area contributed by atoms with Crippen molar-refractivity contribution in [1.29, 1.82) is 0 Å². The molecule has 7 nitrogen and oxygen atoms in total. The van der Waals surface area contributed by atoms with Gasteiger partial charge in [-0.25, -0.2) is 0 Å². The van der Waals surface area contributed by atoms with Crippen molar-refractivity contribution in [3.8, 4) is 17.2 Å². The smallest absolute Gasteiger partial charge is 0.269 e. The van der Waals surface area contributed by atoms with E-state index in [-0.39, 0.29) is 5.11 Å². The quantitative estimate of drug-likeness (QED) is 0.446. The molecule has 3 N–H and O–H groups in total. The van der Waals surface area contributed by atoms with E-state index >= 15 is 0 Å². The number of benzene rings is 2. The Morgan fingerprint density at radius 3 is 2.10 bits per heavy atom. The molecule has 156 valence electrons. The SMILES string of the molecule is CCCCc1ccc(NC(=S)NNC(=O)c2cc(OC)c(OC)c(OC)c2)cc1. The van der Waals surface area contributed by atoms with Crippen molar-refractivity contribution in [3.63, 3.8) is 0 Å². The number of methoxy groups -OCH3 is 3. The van der Waals surface area contributed by atoms with Crippen molar-refractivity contribution >= 4 is 28.9 Å². The van der Waals surface area contributed by atoms with E-state index < -0.39 is 5.91 Å². The fourth-order valence-electron chi connectivity index (χ4n) is 2.70. The van der Waals surface area contributed by atoms with Crippen LogP contribution in [0.15, 0.2) is 36.4 Å². The van der Waals surface area contributed by atoms with Gasteiger partial charge in [-0.05, 0) is 54.9 Å². The molecule has 2 aromatic carbocycles. The number of thiocarbonyl (C=S) groups is 1. The van der Waals surface area contributed by atoms with Crippen molar-refractivity contribution in [1.82, 2.24) is 10.9 Å². The fourth-order valence-corrected chi connectivity index (χ4v) is 2.86. The van der Waals surface area contributed by atoms with Crippen LogP contribution in [-0.2, 0) is 6.42 Å². The Morgan fingerprint density at radius 2 is 1.59 bits per heavy atom. The van der Waals surface area contributed by atoms with Crippen molar-refractivity contribution in [2.45, 2.75) is 26.2 Å². The molecule has 0 saturated carbocycles. The molecule has 0 radical (unpaired) electrons. The van der Waals surface area contributed by atoms with Gasteiger partial charge < -0.3 is 19.5 Å². The minimum absolute atomic E-state index is 0.270. The lowest BCUT2D eigenvalue weighted by molar-refractivity contribution is 0.0943. The van der Waals surface area contributed by atoms with E-state index in [2.05, 4.69) is 35.2 Å². The lowest BCUT2D eigenvalue weighted by atomic mass is 10.1. The Balaban J connectivity index is 1.95. The first-order chi connectivity index (χ1) is 14.0. The van der Waals surface area contributed by atoms with Crippen molar-refractivity contribution in [3.05, 3.63) is 47.5 Å². The lowest BCUT2D eigenvalue weighted by Crippen LogP contribution is -2.43. The van der Waals surface area contributed by atoms with Gasteiger partial charge in [0.05, 0.1) is 21.3 Å². The number of amides is 1. The maximum Gasteiger partial charge on any atom is 0.269 e. The van der Waals surface area contributed by atoms with Crippen molar-refractivity contribution < 1.29 is 19.0 Å². The second-order valence-electron chi connectivity index (χ2n) is 6.25. The summed E-state index contributed by atoms with van der Waals surface area (Å²) >= 11 is 5.24. The van der Waals surface area contributed by atoms with E-state index in [0.29, 0.717) is 22.8 Å². The van der Waals surface area contributed by atoms with Crippen LogP contribution in [0.4, 0.5) is 5.69 Å². The number of nitrogens with one attached hydrogen (secondary N) is 3. The molecular formula is C21H27N3O4S. The molecule has 0 aliphatic rings. The van der Waals surface area contributed by atoms with Crippen LogP contribution in [0.5, 0.6) is 17.2 Å². The molecule has 0 spiro atoms. The summed E-state index contributed by atoms with van der Waals surface area (Å²) in [5.74, 6) is 0.795. The summed E-state index contributed by atoms with van der Waals surface area (Å²) in [6, 6.07) is 11.2. The summed E-state index contributed by atoms with van der Waals surface area (Å²) in [6.45, 7) is 2.17. The Hall–Kier alpha value is -3.00. The molecule has 1 amide bonds. The zero-order chi connectivity index (χ0) is 21.2. The summed E-state index contributed by atoms with van der Waals surface area (Å²) in [5.41, 5.74) is 7.69. The van der Waals surface area contributed by atoms with Crippen molar-refractivity contribution in [2.24, 2.45) is 0 Å². The lowest BCUT2D eigenvalue weighted by Gasteiger charge is -2.15. The molecule has 0 aromatic heterocycles. The third-order valence-electron chi connectivity index (χ3n) is 4.25. The van der Waals surface area contributed by atoms with Gasteiger partial charge in [0.15, 0.2) is 16.6 Å². The van der Waals surface area contributed by atoms with Gasteiger partial charge in [-0.3, -0.25) is 15.6 Å². The van der Waals surface area contributed by atoms with E-state index in [1.54, 1.807) is 12.1 Å². The second-order valence-corrected chi connectivity index (χ2v) is 6.66. The van der Waals surface area contributed by atoms with E-state index in [1.165, 1.54) is 39.7 Å². The highest BCUT2D eigenvalue weighted by Gasteiger charge is 2.17. The molecule has 2 aromatic rings. The van der Waals surface area contributed by atoms with Crippen LogP contribution in [0.3, 0.4) is 0 Å². The third kappa shape index (κ3) is 6.25. The number of carbonyl (C=O) groups excluding carboxylic acids is 1. The van der Waals surface area contributed by atoms with Gasteiger partial charge in [0.25, 0.3) is 5.91 Å². The Bertz CT molecular complexity index is 815. The molecule has 0 saturated heterocycles. The van der Waals surface area contributed by atoms with E-state index in [9.17, 15) is 4.79 Å². The molecule has 0 aliphatic heterocycles. The number of carbonyl (C=O) groups is 1. The molecule has 0 fully saturated rings. The number of rotatable bonds is 8. The topological polar surface area (TPSA) is 80.9 Å². The molecule has 8 heteroatoms. The highest BCUT2D eigenvalue weighted by atomic mass is 32.1. The zero-order valence-corrected chi connectivity index (χ0v) is 17.9. The number of ether oxygens (including phenoxy) is 3. The van der Waals surface area contributed by atoms with E-state index in [4.69, 9.17) is 26.4 Å². The molecule has 0 heterocycles. The fraction of sp³-hybridized carbons (Fsp3) is 0.333.